The lowest BCUT2D eigenvalue weighted by Crippen LogP contribution is -2.44. The van der Waals surface area contributed by atoms with Gasteiger partial charge >= 0.3 is 0 Å². The number of hydrogen-bond acceptors (Lipinski definition) is 5. The number of nitrogens with one attached hydrogen (secondary N) is 1. The zero-order valence-electron chi connectivity index (χ0n) is 14.9. The molecule has 138 valence electrons. The van der Waals surface area contributed by atoms with Gasteiger partial charge in [0.1, 0.15) is 16.9 Å². The molecule has 0 saturated carbocycles. The van der Waals surface area contributed by atoms with Crippen LogP contribution in [0.4, 0.5) is 0 Å². The maximum atomic E-state index is 12.6. The van der Waals surface area contributed by atoms with E-state index in [0.717, 1.165) is 11.3 Å². The molecule has 1 aliphatic heterocycles. The summed E-state index contributed by atoms with van der Waals surface area (Å²) in [7, 11) is 0. The lowest BCUT2D eigenvalue weighted by atomic mass is 10.2. The minimum atomic E-state index is -0.347. The van der Waals surface area contributed by atoms with Crippen molar-refractivity contribution in [2.75, 3.05) is 5.75 Å². The van der Waals surface area contributed by atoms with Gasteiger partial charge in [-0.2, -0.15) is 0 Å². The standard InChI is InChI=1S/C19H18N4O3S/c1-12-9-16(13(2)26-12)18(25)21-23-17(24)10-27-19(23)14-3-5-15(6-4-14)22-8-7-20-11-22/h3-9,11,19H,10H2,1-2H3,(H,21,25)/t19-/m0/s1. The number of carbonyl (C=O) groups is 2. The van der Waals surface area contributed by atoms with Gasteiger partial charge in [-0.25, -0.2) is 9.99 Å². The van der Waals surface area contributed by atoms with E-state index in [2.05, 4.69) is 10.4 Å². The minimum Gasteiger partial charge on any atom is -0.466 e. The van der Waals surface area contributed by atoms with Gasteiger partial charge in [0.15, 0.2) is 0 Å². The summed E-state index contributed by atoms with van der Waals surface area (Å²) >= 11 is 1.48. The number of hydrogen-bond donors (Lipinski definition) is 1. The van der Waals surface area contributed by atoms with E-state index in [0.29, 0.717) is 22.8 Å². The molecule has 7 nitrogen and oxygen atoms in total. The third-order valence-electron chi connectivity index (χ3n) is 4.36. The zero-order chi connectivity index (χ0) is 19.0. The first-order valence-electron chi connectivity index (χ1n) is 8.43. The van der Waals surface area contributed by atoms with Gasteiger partial charge in [-0.1, -0.05) is 12.1 Å². The van der Waals surface area contributed by atoms with Crippen molar-refractivity contribution in [2.24, 2.45) is 0 Å². The predicted molar refractivity (Wildman–Crippen MR) is 101 cm³/mol. The molecule has 1 saturated heterocycles. The van der Waals surface area contributed by atoms with E-state index in [1.807, 2.05) is 35.0 Å². The lowest BCUT2D eigenvalue weighted by molar-refractivity contribution is -0.130. The number of aryl methyl sites for hydroxylation is 2. The number of aromatic nitrogens is 2. The van der Waals surface area contributed by atoms with Crippen molar-refractivity contribution >= 4 is 23.6 Å². The largest absolute Gasteiger partial charge is 0.466 e. The summed E-state index contributed by atoms with van der Waals surface area (Å²) in [5, 5.41) is 1.13. The Hall–Kier alpha value is -3.00. The highest BCUT2D eigenvalue weighted by Gasteiger charge is 2.35. The van der Waals surface area contributed by atoms with Crippen LogP contribution >= 0.6 is 11.8 Å². The highest BCUT2D eigenvalue weighted by Crippen LogP contribution is 2.37. The first-order valence-corrected chi connectivity index (χ1v) is 9.48. The van der Waals surface area contributed by atoms with E-state index in [-0.39, 0.29) is 17.2 Å². The molecule has 0 unspecified atom stereocenters. The molecule has 2 aromatic heterocycles. The Morgan fingerprint density at radius 2 is 2.07 bits per heavy atom. The third-order valence-corrected chi connectivity index (χ3v) is 5.57. The molecule has 0 radical (unpaired) electrons. The summed E-state index contributed by atoms with van der Waals surface area (Å²) in [4.78, 5) is 28.9. The fourth-order valence-electron chi connectivity index (χ4n) is 3.04. The van der Waals surface area contributed by atoms with Crippen molar-refractivity contribution in [2.45, 2.75) is 19.2 Å². The van der Waals surface area contributed by atoms with Crippen molar-refractivity contribution in [3.05, 3.63) is 71.7 Å². The highest BCUT2D eigenvalue weighted by atomic mass is 32.2. The number of carbonyl (C=O) groups excluding carboxylic acids is 2. The van der Waals surface area contributed by atoms with Crippen LogP contribution in [-0.2, 0) is 4.79 Å². The van der Waals surface area contributed by atoms with Crippen LogP contribution < -0.4 is 5.43 Å². The number of thioether (sulfide) groups is 1. The number of hydrazine groups is 1. The molecule has 3 aromatic rings. The Bertz CT molecular complexity index is 979. The molecule has 8 heteroatoms. The number of amides is 2. The van der Waals surface area contributed by atoms with Crippen LogP contribution in [0, 0.1) is 13.8 Å². The number of rotatable bonds is 4. The second-order valence-electron chi connectivity index (χ2n) is 6.26. The van der Waals surface area contributed by atoms with Crippen LogP contribution in [0.2, 0.25) is 0 Å². The Morgan fingerprint density at radius 1 is 1.30 bits per heavy atom. The van der Waals surface area contributed by atoms with Gasteiger partial charge in [-0.15, -0.1) is 11.8 Å². The fraction of sp³-hybridized carbons (Fsp3) is 0.211. The maximum Gasteiger partial charge on any atom is 0.273 e. The summed E-state index contributed by atoms with van der Waals surface area (Å²) in [5.74, 6) is 1.03. The van der Waals surface area contributed by atoms with Crippen LogP contribution in [0.25, 0.3) is 5.69 Å². The molecule has 2 amide bonds. The van der Waals surface area contributed by atoms with Crippen molar-refractivity contribution in [1.82, 2.24) is 20.0 Å². The number of furan rings is 1. The quantitative estimate of drug-likeness (QED) is 0.750. The van der Waals surface area contributed by atoms with Gasteiger partial charge in [0, 0.05) is 18.1 Å². The molecule has 1 N–H and O–H groups in total. The number of benzene rings is 1. The van der Waals surface area contributed by atoms with Gasteiger partial charge < -0.3 is 8.98 Å². The maximum absolute atomic E-state index is 12.6. The highest BCUT2D eigenvalue weighted by molar-refractivity contribution is 8.00. The van der Waals surface area contributed by atoms with Crippen LogP contribution in [0.15, 0.2) is 53.5 Å². The Kier molecular flexibility index (Phi) is 4.49. The second kappa shape index (κ2) is 6.96. The molecule has 1 fully saturated rings. The van der Waals surface area contributed by atoms with Gasteiger partial charge in [0.05, 0.1) is 17.6 Å². The molecule has 1 aromatic carbocycles. The topological polar surface area (TPSA) is 80.4 Å². The third kappa shape index (κ3) is 3.35. The fourth-order valence-corrected chi connectivity index (χ4v) is 4.15. The molecule has 0 bridgehead atoms. The smallest absolute Gasteiger partial charge is 0.273 e. The predicted octanol–water partition coefficient (Wildman–Crippen LogP) is 3.00. The number of imidazole rings is 1. The average molecular weight is 382 g/mol. The summed E-state index contributed by atoms with van der Waals surface area (Å²) in [5.41, 5.74) is 5.09. The van der Waals surface area contributed by atoms with E-state index < -0.39 is 0 Å². The summed E-state index contributed by atoms with van der Waals surface area (Å²) in [6, 6.07) is 9.51. The van der Waals surface area contributed by atoms with Gasteiger partial charge in [0.2, 0.25) is 0 Å². The molecule has 4 rings (SSSR count). The van der Waals surface area contributed by atoms with Crippen molar-refractivity contribution < 1.29 is 14.0 Å². The van der Waals surface area contributed by atoms with Crippen LogP contribution in [0.5, 0.6) is 0 Å². The summed E-state index contributed by atoms with van der Waals surface area (Å²) in [6.45, 7) is 3.51. The summed E-state index contributed by atoms with van der Waals surface area (Å²) < 4.78 is 7.31. The zero-order valence-corrected chi connectivity index (χ0v) is 15.7. The first-order chi connectivity index (χ1) is 13.0. The minimum absolute atomic E-state index is 0.130. The van der Waals surface area contributed by atoms with Crippen LogP contribution in [-0.4, -0.2) is 32.1 Å². The van der Waals surface area contributed by atoms with E-state index >= 15 is 0 Å². The van der Waals surface area contributed by atoms with E-state index in [1.165, 1.54) is 16.8 Å². The molecule has 0 spiro atoms. The number of nitrogens with zero attached hydrogens (tertiary/aromatic N) is 3. The van der Waals surface area contributed by atoms with Crippen molar-refractivity contribution in [1.29, 1.82) is 0 Å². The molecule has 0 aliphatic carbocycles. The van der Waals surface area contributed by atoms with Crippen LogP contribution in [0.1, 0.15) is 32.8 Å². The normalized spacial score (nSPS) is 16.7. The molecular formula is C19H18N4O3S. The summed E-state index contributed by atoms with van der Waals surface area (Å²) in [6.07, 6.45) is 5.31. The molecular weight excluding hydrogens is 364 g/mol. The monoisotopic (exact) mass is 382 g/mol. The molecule has 27 heavy (non-hydrogen) atoms. The van der Waals surface area contributed by atoms with Gasteiger partial charge in [-0.3, -0.25) is 15.0 Å². The van der Waals surface area contributed by atoms with E-state index in [9.17, 15) is 9.59 Å². The van der Waals surface area contributed by atoms with Crippen molar-refractivity contribution in [3.63, 3.8) is 0 Å². The SMILES string of the molecule is Cc1cc(C(=O)NN2C(=O)CS[C@H]2c2ccc(-n3ccnc3)cc2)c(C)o1. The lowest BCUT2D eigenvalue weighted by Gasteiger charge is -2.24. The molecule has 1 atom stereocenters. The Labute approximate surface area is 160 Å². The van der Waals surface area contributed by atoms with Crippen molar-refractivity contribution in [3.8, 4) is 5.69 Å². The first kappa shape index (κ1) is 17.4. The van der Waals surface area contributed by atoms with Gasteiger partial charge in [-0.05, 0) is 37.6 Å². The second-order valence-corrected chi connectivity index (χ2v) is 7.32. The van der Waals surface area contributed by atoms with E-state index in [1.54, 1.807) is 32.4 Å². The molecule has 3 heterocycles. The molecule has 1 aliphatic rings. The Balaban J connectivity index is 1.54. The Morgan fingerprint density at radius 3 is 2.70 bits per heavy atom. The van der Waals surface area contributed by atoms with Gasteiger partial charge in [0.25, 0.3) is 11.8 Å². The van der Waals surface area contributed by atoms with Crippen LogP contribution in [0.3, 0.4) is 0 Å². The average Bonchev–Trinajstić information content (AvgIpc) is 3.37. The van der Waals surface area contributed by atoms with E-state index in [4.69, 9.17) is 4.42 Å².